The van der Waals surface area contributed by atoms with E-state index in [1.165, 1.54) is 0 Å². The summed E-state index contributed by atoms with van der Waals surface area (Å²) in [5.41, 5.74) is 11.1. The number of benzene rings is 1. The highest BCUT2D eigenvalue weighted by Gasteiger charge is 2.22. The minimum Gasteiger partial charge on any atom is -0.383 e. The molecule has 0 amide bonds. The lowest BCUT2D eigenvalue weighted by Gasteiger charge is -2.22. The van der Waals surface area contributed by atoms with Gasteiger partial charge < -0.3 is 11.1 Å². The molecular weight excluding hydrogens is 392 g/mol. The molecule has 0 atom stereocenters. The number of rotatable bonds is 3. The number of nitrogens with one attached hydrogen (secondary N) is 2. The van der Waals surface area contributed by atoms with Gasteiger partial charge in [-0.25, -0.2) is 9.97 Å². The van der Waals surface area contributed by atoms with Crippen molar-refractivity contribution in [3.05, 3.63) is 47.4 Å². The zero-order chi connectivity index (χ0) is 19.1. The normalized spacial score (nSPS) is 15.3. The molecule has 142 valence electrons. The quantitative estimate of drug-likeness (QED) is 0.464. The molecule has 0 saturated carbocycles. The second kappa shape index (κ2) is 7.16. The summed E-state index contributed by atoms with van der Waals surface area (Å²) in [5, 5.41) is 12.5. The third kappa shape index (κ3) is 3.15. The zero-order valence-corrected chi connectivity index (χ0v) is 16.6. The predicted octanol–water partition coefficient (Wildman–Crippen LogP) is 4.45. The Bertz CT molecular complexity index is 1140. The first-order valence-electron chi connectivity index (χ1n) is 9.26. The maximum absolute atomic E-state index is 6.21. The van der Waals surface area contributed by atoms with Crippen molar-refractivity contribution in [3.63, 3.8) is 0 Å². The summed E-state index contributed by atoms with van der Waals surface area (Å²) < 4.78 is 1.07. The van der Waals surface area contributed by atoms with Gasteiger partial charge in [0.15, 0.2) is 0 Å². The van der Waals surface area contributed by atoms with E-state index in [4.69, 9.17) is 22.3 Å². The van der Waals surface area contributed by atoms with Gasteiger partial charge >= 0.3 is 0 Å². The Balaban J connectivity index is 1.57. The summed E-state index contributed by atoms with van der Waals surface area (Å²) in [6, 6.07) is 7.80. The van der Waals surface area contributed by atoms with Crippen LogP contribution in [0.3, 0.4) is 0 Å². The lowest BCUT2D eigenvalue weighted by Crippen LogP contribution is -2.27. The number of nitrogen functional groups attached to an aromatic ring is 1. The maximum atomic E-state index is 6.21. The number of aromatic nitrogens is 4. The molecule has 0 bridgehead atoms. The third-order valence-corrected chi connectivity index (χ3v) is 6.51. The molecule has 1 aromatic carbocycles. The number of aromatic amines is 1. The van der Waals surface area contributed by atoms with Crippen LogP contribution in [0.2, 0.25) is 5.02 Å². The van der Waals surface area contributed by atoms with E-state index in [0.29, 0.717) is 16.8 Å². The van der Waals surface area contributed by atoms with Crippen molar-refractivity contribution in [3.8, 4) is 21.7 Å². The molecule has 4 heterocycles. The predicted molar refractivity (Wildman–Crippen MR) is 115 cm³/mol. The van der Waals surface area contributed by atoms with Crippen LogP contribution < -0.4 is 11.1 Å². The molecule has 0 aliphatic carbocycles. The molecule has 4 aromatic rings. The maximum Gasteiger partial charge on any atom is 0.133 e. The van der Waals surface area contributed by atoms with E-state index in [9.17, 15) is 0 Å². The molecular formula is C20H19ClN6S. The Morgan fingerprint density at radius 2 is 2.00 bits per heavy atom. The summed E-state index contributed by atoms with van der Waals surface area (Å²) in [4.78, 5) is 9.17. The molecule has 1 aliphatic heterocycles. The second-order valence-corrected chi connectivity index (χ2v) is 8.46. The van der Waals surface area contributed by atoms with Crippen molar-refractivity contribution in [2.24, 2.45) is 0 Å². The number of fused-ring (bicyclic) bond motifs is 1. The fourth-order valence-electron chi connectivity index (χ4n) is 3.75. The highest BCUT2D eigenvalue weighted by Crippen LogP contribution is 2.38. The number of nitrogens with zero attached hydrogens (tertiary/aromatic N) is 3. The van der Waals surface area contributed by atoms with Gasteiger partial charge in [0, 0.05) is 34.5 Å². The second-order valence-electron chi connectivity index (χ2n) is 7.00. The number of nitrogens with two attached hydrogens (primary N) is 1. The highest BCUT2D eigenvalue weighted by atomic mass is 35.5. The smallest absolute Gasteiger partial charge is 0.133 e. The van der Waals surface area contributed by atoms with Crippen molar-refractivity contribution < 1.29 is 0 Å². The van der Waals surface area contributed by atoms with Gasteiger partial charge in [-0.3, -0.25) is 5.10 Å². The fourth-order valence-corrected chi connectivity index (χ4v) is 4.89. The number of hydrogen-bond acceptors (Lipinski definition) is 6. The van der Waals surface area contributed by atoms with E-state index in [1.807, 2.05) is 30.6 Å². The molecule has 0 radical (unpaired) electrons. The van der Waals surface area contributed by atoms with Crippen LogP contribution in [-0.4, -0.2) is 33.3 Å². The van der Waals surface area contributed by atoms with E-state index < -0.39 is 0 Å². The number of thiazole rings is 1. The zero-order valence-electron chi connectivity index (χ0n) is 15.1. The van der Waals surface area contributed by atoms with Crippen molar-refractivity contribution in [1.29, 1.82) is 0 Å². The topological polar surface area (TPSA) is 92.5 Å². The largest absolute Gasteiger partial charge is 0.383 e. The van der Waals surface area contributed by atoms with Gasteiger partial charge in [0.2, 0.25) is 0 Å². The monoisotopic (exact) mass is 410 g/mol. The molecule has 5 rings (SSSR count). The van der Waals surface area contributed by atoms with Gasteiger partial charge in [0.25, 0.3) is 0 Å². The highest BCUT2D eigenvalue weighted by molar-refractivity contribution is 7.21. The van der Waals surface area contributed by atoms with Crippen LogP contribution in [0.4, 0.5) is 5.82 Å². The molecule has 6 nitrogen and oxygen atoms in total. The van der Waals surface area contributed by atoms with Crippen LogP contribution in [0.15, 0.2) is 36.7 Å². The number of hydrogen-bond donors (Lipinski definition) is 3. The number of piperidine rings is 1. The van der Waals surface area contributed by atoms with Gasteiger partial charge in [-0.2, -0.15) is 5.10 Å². The Kier molecular flexibility index (Phi) is 4.50. The standard InChI is InChI=1S/C20H19ClN6S/c21-13-1-2-17-16(8-13)26-20(28-17)14-7-12(9-24-19(14)22)15-10-25-27-18(15)11-3-5-23-6-4-11/h1-2,7-11,23H,3-6H2,(H2,22,24)(H,25,27). The number of H-pyrrole nitrogens is 1. The van der Waals surface area contributed by atoms with Gasteiger partial charge in [0.1, 0.15) is 10.8 Å². The van der Waals surface area contributed by atoms with E-state index in [-0.39, 0.29) is 0 Å². The SMILES string of the molecule is Nc1ncc(-c2c[nH]nc2C2CCNCC2)cc1-c1nc2cc(Cl)ccc2s1. The Morgan fingerprint density at radius 1 is 1.14 bits per heavy atom. The van der Waals surface area contributed by atoms with E-state index >= 15 is 0 Å². The van der Waals surface area contributed by atoms with E-state index in [2.05, 4.69) is 26.6 Å². The summed E-state index contributed by atoms with van der Waals surface area (Å²) >= 11 is 7.69. The first-order chi connectivity index (χ1) is 13.7. The number of halogens is 1. The van der Waals surface area contributed by atoms with Gasteiger partial charge in [-0.1, -0.05) is 11.6 Å². The van der Waals surface area contributed by atoms with Crippen LogP contribution in [0, 0.1) is 0 Å². The van der Waals surface area contributed by atoms with Gasteiger partial charge in [0.05, 0.1) is 21.5 Å². The fraction of sp³-hybridized carbons (Fsp3) is 0.250. The van der Waals surface area contributed by atoms with Crippen LogP contribution in [0.5, 0.6) is 0 Å². The van der Waals surface area contributed by atoms with Crippen molar-refractivity contribution in [1.82, 2.24) is 25.5 Å². The molecule has 1 fully saturated rings. The third-order valence-electron chi connectivity index (χ3n) is 5.21. The summed E-state index contributed by atoms with van der Waals surface area (Å²) in [7, 11) is 0. The lowest BCUT2D eigenvalue weighted by molar-refractivity contribution is 0.453. The summed E-state index contributed by atoms with van der Waals surface area (Å²) in [6.45, 7) is 2.05. The van der Waals surface area contributed by atoms with Crippen LogP contribution >= 0.6 is 22.9 Å². The first-order valence-corrected chi connectivity index (χ1v) is 10.5. The Labute approximate surface area is 171 Å². The summed E-state index contributed by atoms with van der Waals surface area (Å²) in [6.07, 6.45) is 5.95. The minimum absolute atomic E-state index is 0.452. The van der Waals surface area contributed by atoms with Crippen molar-refractivity contribution in [2.75, 3.05) is 18.8 Å². The lowest BCUT2D eigenvalue weighted by atomic mass is 9.90. The molecule has 1 aliphatic rings. The molecule has 4 N–H and O–H groups in total. The van der Waals surface area contributed by atoms with Gasteiger partial charge in [-0.05, 0) is 50.2 Å². The molecule has 1 saturated heterocycles. The molecule has 28 heavy (non-hydrogen) atoms. The average Bonchev–Trinajstić information content (AvgIpc) is 3.36. The first kappa shape index (κ1) is 17.6. The van der Waals surface area contributed by atoms with Crippen LogP contribution in [-0.2, 0) is 0 Å². The molecule has 8 heteroatoms. The minimum atomic E-state index is 0.452. The van der Waals surface area contributed by atoms with Gasteiger partial charge in [-0.15, -0.1) is 11.3 Å². The molecule has 0 spiro atoms. The molecule has 3 aromatic heterocycles. The number of pyridine rings is 1. The average molecular weight is 411 g/mol. The van der Waals surface area contributed by atoms with Crippen LogP contribution in [0.25, 0.3) is 31.9 Å². The van der Waals surface area contributed by atoms with E-state index in [1.54, 1.807) is 11.3 Å². The van der Waals surface area contributed by atoms with Crippen molar-refractivity contribution >= 4 is 39.0 Å². The van der Waals surface area contributed by atoms with E-state index in [0.717, 1.165) is 63.5 Å². The molecule has 0 unspecified atom stereocenters. The Morgan fingerprint density at radius 3 is 2.86 bits per heavy atom. The summed E-state index contributed by atoms with van der Waals surface area (Å²) in [5.74, 6) is 0.925. The van der Waals surface area contributed by atoms with Crippen LogP contribution in [0.1, 0.15) is 24.5 Å². The Hall–Kier alpha value is -2.48. The number of anilines is 1. The van der Waals surface area contributed by atoms with Crippen molar-refractivity contribution in [2.45, 2.75) is 18.8 Å².